The number of nitrogens with one attached hydrogen (secondary N) is 1. The topological polar surface area (TPSA) is 24.9 Å². The van der Waals surface area contributed by atoms with Crippen LogP contribution in [0.3, 0.4) is 0 Å². The van der Waals surface area contributed by atoms with E-state index in [1.165, 1.54) is 23.8 Å². The fraction of sp³-hybridized carbons (Fsp3) is 0.400. The molecule has 3 rings (SSSR count). The van der Waals surface area contributed by atoms with Crippen LogP contribution in [-0.2, 0) is 0 Å². The lowest BCUT2D eigenvalue weighted by atomic mass is 10.1. The lowest BCUT2D eigenvalue weighted by Gasteiger charge is -2.17. The highest BCUT2D eigenvalue weighted by atomic mass is 35.5. The molecule has 1 fully saturated rings. The van der Waals surface area contributed by atoms with Gasteiger partial charge in [-0.25, -0.2) is 9.37 Å². The average molecular weight is 311 g/mol. The predicted octanol–water partition coefficient (Wildman–Crippen LogP) is 4.39. The number of benzene rings is 1. The third kappa shape index (κ3) is 2.87. The van der Waals surface area contributed by atoms with Gasteiger partial charge in [-0.1, -0.05) is 17.7 Å². The van der Waals surface area contributed by atoms with E-state index in [1.54, 1.807) is 23.5 Å². The normalized spacial score (nSPS) is 16.4. The summed E-state index contributed by atoms with van der Waals surface area (Å²) < 4.78 is 13.3. The minimum Gasteiger partial charge on any atom is -0.301 e. The number of aryl methyl sites for hydroxylation is 2. The third-order valence-electron chi connectivity index (χ3n) is 3.55. The molecule has 1 atom stereocenters. The smallest absolute Gasteiger partial charge is 0.141 e. The summed E-state index contributed by atoms with van der Waals surface area (Å²) in [5, 5.41) is 4.76. The summed E-state index contributed by atoms with van der Waals surface area (Å²) in [5.74, 6) is -0.382. The quantitative estimate of drug-likeness (QED) is 0.905. The van der Waals surface area contributed by atoms with Gasteiger partial charge in [-0.05, 0) is 44.4 Å². The molecule has 1 unspecified atom stereocenters. The Morgan fingerprint density at radius 1 is 1.40 bits per heavy atom. The van der Waals surface area contributed by atoms with E-state index in [0.717, 1.165) is 16.3 Å². The molecule has 1 aliphatic rings. The summed E-state index contributed by atoms with van der Waals surface area (Å²) in [6.07, 6.45) is 2.38. The second kappa shape index (κ2) is 5.43. The summed E-state index contributed by atoms with van der Waals surface area (Å²) >= 11 is 7.60. The minimum absolute atomic E-state index is 0.00185. The molecule has 0 radical (unpaired) electrons. The van der Waals surface area contributed by atoms with Gasteiger partial charge in [0.2, 0.25) is 0 Å². The molecule has 0 spiro atoms. The van der Waals surface area contributed by atoms with Crippen LogP contribution in [0, 0.1) is 19.7 Å². The Morgan fingerprint density at radius 3 is 2.70 bits per heavy atom. The monoisotopic (exact) mass is 310 g/mol. The Bertz CT molecular complexity index is 617. The first kappa shape index (κ1) is 14.0. The van der Waals surface area contributed by atoms with Gasteiger partial charge in [-0.3, -0.25) is 0 Å². The standard InChI is InChI=1S/C15H16ClFN2S/c1-8-9(2)20-15(18-8)14(19-11-4-5-11)10-3-6-13(17)12(16)7-10/h3,6-7,11,14,19H,4-5H2,1-2H3. The van der Waals surface area contributed by atoms with Gasteiger partial charge in [0.25, 0.3) is 0 Å². The molecule has 0 saturated heterocycles. The van der Waals surface area contributed by atoms with Gasteiger partial charge in [0.15, 0.2) is 0 Å². The predicted molar refractivity (Wildman–Crippen MR) is 81.0 cm³/mol. The lowest BCUT2D eigenvalue weighted by Crippen LogP contribution is -2.24. The molecule has 2 aromatic rings. The van der Waals surface area contributed by atoms with Crippen molar-refractivity contribution in [2.24, 2.45) is 0 Å². The van der Waals surface area contributed by atoms with Crippen molar-refractivity contribution in [2.45, 2.75) is 38.8 Å². The van der Waals surface area contributed by atoms with Gasteiger partial charge in [0.05, 0.1) is 16.8 Å². The number of halogens is 2. The molecule has 106 valence electrons. The maximum Gasteiger partial charge on any atom is 0.141 e. The summed E-state index contributed by atoms with van der Waals surface area (Å²) in [7, 11) is 0. The molecule has 5 heteroatoms. The largest absolute Gasteiger partial charge is 0.301 e. The minimum atomic E-state index is -0.382. The zero-order valence-electron chi connectivity index (χ0n) is 11.4. The van der Waals surface area contributed by atoms with E-state index in [1.807, 2.05) is 6.92 Å². The van der Waals surface area contributed by atoms with Crippen molar-refractivity contribution < 1.29 is 4.39 Å². The van der Waals surface area contributed by atoms with E-state index in [0.29, 0.717) is 6.04 Å². The SMILES string of the molecule is Cc1nc(C(NC2CC2)c2ccc(F)c(Cl)c2)sc1C. The van der Waals surface area contributed by atoms with E-state index in [2.05, 4.69) is 17.2 Å². The molecule has 0 aliphatic heterocycles. The van der Waals surface area contributed by atoms with Crippen molar-refractivity contribution >= 4 is 22.9 Å². The summed E-state index contributed by atoms with van der Waals surface area (Å²) in [6, 6.07) is 5.44. The van der Waals surface area contributed by atoms with Gasteiger partial charge < -0.3 is 5.32 Å². The van der Waals surface area contributed by atoms with Crippen LogP contribution in [0.15, 0.2) is 18.2 Å². The summed E-state index contributed by atoms with van der Waals surface area (Å²) in [6.45, 7) is 4.09. The highest BCUT2D eigenvalue weighted by molar-refractivity contribution is 7.11. The molecule has 1 N–H and O–H groups in total. The molecule has 0 bridgehead atoms. The Balaban J connectivity index is 1.97. The average Bonchev–Trinajstić information content (AvgIpc) is 3.17. The number of hydrogen-bond donors (Lipinski definition) is 1. The van der Waals surface area contributed by atoms with Crippen LogP contribution in [0.4, 0.5) is 4.39 Å². The van der Waals surface area contributed by atoms with Crippen LogP contribution >= 0.6 is 22.9 Å². The van der Waals surface area contributed by atoms with Crippen LogP contribution in [0.5, 0.6) is 0 Å². The number of rotatable bonds is 4. The van der Waals surface area contributed by atoms with Crippen LogP contribution in [0.25, 0.3) is 0 Å². The Labute approximate surface area is 127 Å². The van der Waals surface area contributed by atoms with Crippen LogP contribution < -0.4 is 5.32 Å². The number of hydrogen-bond acceptors (Lipinski definition) is 3. The van der Waals surface area contributed by atoms with Crippen molar-refractivity contribution in [3.8, 4) is 0 Å². The zero-order chi connectivity index (χ0) is 14.3. The third-order valence-corrected chi connectivity index (χ3v) is 4.98. The van der Waals surface area contributed by atoms with E-state index in [-0.39, 0.29) is 16.9 Å². The molecule has 2 nitrogen and oxygen atoms in total. The highest BCUT2D eigenvalue weighted by Gasteiger charge is 2.28. The van der Waals surface area contributed by atoms with Gasteiger partial charge >= 0.3 is 0 Å². The molecule has 1 aliphatic carbocycles. The Hall–Kier alpha value is -0.970. The molecular formula is C15H16ClFN2S. The molecular weight excluding hydrogens is 295 g/mol. The summed E-state index contributed by atoms with van der Waals surface area (Å²) in [5.41, 5.74) is 2.03. The maximum absolute atomic E-state index is 13.3. The molecule has 20 heavy (non-hydrogen) atoms. The van der Waals surface area contributed by atoms with Crippen molar-refractivity contribution in [1.29, 1.82) is 0 Å². The van der Waals surface area contributed by atoms with Crippen LogP contribution in [0.1, 0.15) is 40.0 Å². The van der Waals surface area contributed by atoms with Gasteiger partial charge in [0, 0.05) is 10.9 Å². The van der Waals surface area contributed by atoms with Crippen LogP contribution in [-0.4, -0.2) is 11.0 Å². The van der Waals surface area contributed by atoms with E-state index >= 15 is 0 Å². The van der Waals surface area contributed by atoms with Gasteiger partial charge in [-0.15, -0.1) is 11.3 Å². The first-order valence-electron chi connectivity index (χ1n) is 6.69. The fourth-order valence-corrected chi connectivity index (χ4v) is 3.31. The lowest BCUT2D eigenvalue weighted by molar-refractivity contribution is 0.592. The van der Waals surface area contributed by atoms with Crippen molar-refractivity contribution in [3.63, 3.8) is 0 Å². The summed E-state index contributed by atoms with van der Waals surface area (Å²) in [4.78, 5) is 5.86. The van der Waals surface area contributed by atoms with Crippen molar-refractivity contribution in [1.82, 2.24) is 10.3 Å². The second-order valence-corrected chi connectivity index (χ2v) is 6.88. The Morgan fingerprint density at radius 2 is 2.15 bits per heavy atom. The fourth-order valence-electron chi connectivity index (χ4n) is 2.11. The zero-order valence-corrected chi connectivity index (χ0v) is 13.0. The first-order chi connectivity index (χ1) is 9.54. The van der Waals surface area contributed by atoms with E-state index < -0.39 is 0 Å². The molecule has 1 aromatic carbocycles. The van der Waals surface area contributed by atoms with E-state index in [4.69, 9.17) is 11.6 Å². The second-order valence-electron chi connectivity index (χ2n) is 5.24. The Kier molecular flexibility index (Phi) is 3.80. The first-order valence-corrected chi connectivity index (χ1v) is 7.89. The molecule has 1 heterocycles. The highest BCUT2D eigenvalue weighted by Crippen LogP contribution is 2.33. The number of thiazole rings is 1. The number of nitrogens with zero attached hydrogens (tertiary/aromatic N) is 1. The van der Waals surface area contributed by atoms with Gasteiger partial charge in [-0.2, -0.15) is 0 Å². The van der Waals surface area contributed by atoms with Crippen molar-refractivity contribution in [3.05, 3.63) is 50.2 Å². The van der Waals surface area contributed by atoms with E-state index in [9.17, 15) is 4.39 Å². The van der Waals surface area contributed by atoms with Crippen LogP contribution in [0.2, 0.25) is 5.02 Å². The number of aromatic nitrogens is 1. The molecule has 0 amide bonds. The van der Waals surface area contributed by atoms with Gasteiger partial charge in [0.1, 0.15) is 10.8 Å². The molecule has 1 saturated carbocycles. The van der Waals surface area contributed by atoms with Crippen molar-refractivity contribution in [2.75, 3.05) is 0 Å². The maximum atomic E-state index is 13.3. The molecule has 1 aromatic heterocycles.